The average Bonchev–Trinajstić information content (AvgIpc) is 2.92. The van der Waals surface area contributed by atoms with Gasteiger partial charge in [0, 0.05) is 20.3 Å². The minimum atomic E-state index is -4.76. The van der Waals surface area contributed by atoms with Gasteiger partial charge in [0.1, 0.15) is 11.3 Å². The number of carbonyl (C=O) groups is 2. The van der Waals surface area contributed by atoms with Gasteiger partial charge in [0.25, 0.3) is 5.91 Å². The van der Waals surface area contributed by atoms with E-state index in [4.69, 9.17) is 5.11 Å². The van der Waals surface area contributed by atoms with Gasteiger partial charge < -0.3 is 10.4 Å². The molecule has 2 N–H and O–H groups in total. The molecule has 0 aliphatic carbocycles. The number of anilines is 1. The summed E-state index contributed by atoms with van der Waals surface area (Å²) < 4.78 is 40.3. The quantitative estimate of drug-likeness (QED) is 0.883. The van der Waals surface area contributed by atoms with Crippen molar-refractivity contribution in [2.45, 2.75) is 6.18 Å². The molecule has 0 fully saturated rings. The van der Waals surface area contributed by atoms with E-state index in [1.807, 2.05) is 5.32 Å². The average molecular weight is 317 g/mol. The Balaban J connectivity index is 2.39. The Hall–Kier alpha value is -2.85. The van der Waals surface area contributed by atoms with E-state index in [9.17, 15) is 22.8 Å². The number of hydrogen-bond acceptors (Lipinski definition) is 4. The molecule has 22 heavy (non-hydrogen) atoms. The highest BCUT2D eigenvalue weighted by Gasteiger charge is 2.38. The van der Waals surface area contributed by atoms with Crippen molar-refractivity contribution < 1.29 is 27.9 Å². The molecule has 0 bridgehead atoms. The molecular formula is C11H10F3N5O3. The second kappa shape index (κ2) is 5.16. The van der Waals surface area contributed by atoms with Crippen molar-refractivity contribution in [1.29, 1.82) is 0 Å². The van der Waals surface area contributed by atoms with E-state index in [0.29, 0.717) is 0 Å². The Morgan fingerprint density at radius 3 is 2.50 bits per heavy atom. The van der Waals surface area contributed by atoms with E-state index in [1.165, 1.54) is 14.1 Å². The van der Waals surface area contributed by atoms with Crippen LogP contribution in [0.2, 0.25) is 0 Å². The van der Waals surface area contributed by atoms with Gasteiger partial charge in [-0.25, -0.2) is 4.79 Å². The first-order chi connectivity index (χ1) is 10.1. The van der Waals surface area contributed by atoms with Crippen LogP contribution in [0.5, 0.6) is 0 Å². The first kappa shape index (κ1) is 15.5. The number of nitrogens with zero attached hydrogens (tertiary/aromatic N) is 4. The minimum absolute atomic E-state index is 0.371. The molecule has 0 spiro atoms. The van der Waals surface area contributed by atoms with Crippen molar-refractivity contribution in [3.63, 3.8) is 0 Å². The monoisotopic (exact) mass is 317 g/mol. The summed E-state index contributed by atoms with van der Waals surface area (Å²) in [4.78, 5) is 23.1. The third-order valence-corrected chi connectivity index (χ3v) is 2.73. The number of aryl methyl sites for hydroxylation is 2. The number of hydrogen-bond donors (Lipinski definition) is 2. The fraction of sp³-hybridized carbons (Fsp3) is 0.273. The number of amides is 1. The summed E-state index contributed by atoms with van der Waals surface area (Å²) in [6, 6.07) is 0. The molecule has 8 nitrogen and oxygen atoms in total. The van der Waals surface area contributed by atoms with E-state index in [0.717, 1.165) is 21.8 Å². The number of aromatic carboxylic acids is 1. The summed E-state index contributed by atoms with van der Waals surface area (Å²) in [5, 5.41) is 17.8. The van der Waals surface area contributed by atoms with Crippen LogP contribution in [0.25, 0.3) is 0 Å². The molecule has 118 valence electrons. The second-order valence-corrected chi connectivity index (χ2v) is 4.35. The molecule has 0 unspecified atom stereocenters. The molecule has 0 saturated carbocycles. The van der Waals surface area contributed by atoms with E-state index in [-0.39, 0.29) is 5.69 Å². The van der Waals surface area contributed by atoms with Crippen LogP contribution >= 0.6 is 0 Å². The van der Waals surface area contributed by atoms with Crippen LogP contribution in [0.3, 0.4) is 0 Å². The van der Waals surface area contributed by atoms with Crippen LogP contribution in [0.4, 0.5) is 18.9 Å². The van der Waals surface area contributed by atoms with Gasteiger partial charge in [-0.2, -0.15) is 23.4 Å². The van der Waals surface area contributed by atoms with Crippen LogP contribution in [-0.4, -0.2) is 36.5 Å². The summed E-state index contributed by atoms with van der Waals surface area (Å²) in [5.41, 5.74) is -2.64. The zero-order chi connectivity index (χ0) is 16.7. The number of carbonyl (C=O) groups excluding carboxylic acids is 1. The predicted octanol–water partition coefficient (Wildman–Crippen LogP) is 1.12. The molecule has 0 atom stereocenters. The number of carboxylic acid groups (broad SMARTS) is 1. The molecule has 2 aromatic rings. The maximum atomic E-state index is 12.8. The highest BCUT2D eigenvalue weighted by Crippen LogP contribution is 2.33. The molecule has 2 aromatic heterocycles. The summed E-state index contributed by atoms with van der Waals surface area (Å²) in [6.07, 6.45) is -2.85. The van der Waals surface area contributed by atoms with E-state index in [1.54, 1.807) is 0 Å². The molecule has 1 amide bonds. The number of nitrogens with one attached hydrogen (secondary N) is 1. The highest BCUT2D eigenvalue weighted by molar-refractivity contribution is 6.09. The van der Waals surface area contributed by atoms with Crippen LogP contribution in [0, 0.1) is 0 Å². The van der Waals surface area contributed by atoms with Gasteiger partial charge in [-0.15, -0.1) is 0 Å². The molecule has 0 aliphatic rings. The van der Waals surface area contributed by atoms with Crippen molar-refractivity contribution in [3.05, 3.63) is 29.3 Å². The van der Waals surface area contributed by atoms with Gasteiger partial charge in [0.05, 0.1) is 11.9 Å². The smallest absolute Gasteiger partial charge is 0.437 e. The summed E-state index contributed by atoms with van der Waals surface area (Å²) in [6.45, 7) is 0. The first-order valence-electron chi connectivity index (χ1n) is 5.78. The predicted molar refractivity (Wildman–Crippen MR) is 66.3 cm³/mol. The minimum Gasteiger partial charge on any atom is -0.478 e. The van der Waals surface area contributed by atoms with Gasteiger partial charge >= 0.3 is 12.1 Å². The van der Waals surface area contributed by atoms with Gasteiger partial charge in [-0.3, -0.25) is 14.2 Å². The summed E-state index contributed by atoms with van der Waals surface area (Å²) in [5.74, 6) is -2.45. The lowest BCUT2D eigenvalue weighted by molar-refractivity contribution is -0.140. The fourth-order valence-electron chi connectivity index (χ4n) is 1.83. The SMILES string of the molecule is Cn1cc(NC(=O)c2c(C(=O)O)cnn2C)c(C(F)(F)F)n1. The Morgan fingerprint density at radius 2 is 1.95 bits per heavy atom. The first-order valence-corrected chi connectivity index (χ1v) is 5.78. The van der Waals surface area contributed by atoms with Crippen molar-refractivity contribution in [3.8, 4) is 0 Å². The van der Waals surface area contributed by atoms with Gasteiger partial charge in [-0.1, -0.05) is 0 Å². The van der Waals surface area contributed by atoms with E-state index in [2.05, 4.69) is 10.2 Å². The highest BCUT2D eigenvalue weighted by atomic mass is 19.4. The molecule has 0 saturated heterocycles. The zero-order valence-corrected chi connectivity index (χ0v) is 11.3. The van der Waals surface area contributed by atoms with Crippen LogP contribution < -0.4 is 5.32 Å². The molecule has 11 heteroatoms. The van der Waals surface area contributed by atoms with Gasteiger partial charge in [-0.05, 0) is 0 Å². The largest absolute Gasteiger partial charge is 0.478 e. The molecule has 0 radical (unpaired) electrons. The lowest BCUT2D eigenvalue weighted by atomic mass is 10.2. The van der Waals surface area contributed by atoms with Crippen molar-refractivity contribution in [2.24, 2.45) is 14.1 Å². The molecule has 0 aromatic carbocycles. The normalized spacial score (nSPS) is 11.5. The Labute approximate surface area is 121 Å². The Kier molecular flexibility index (Phi) is 3.65. The van der Waals surface area contributed by atoms with E-state index >= 15 is 0 Å². The number of alkyl halides is 3. The van der Waals surface area contributed by atoms with Gasteiger partial charge in [0.15, 0.2) is 5.69 Å². The third-order valence-electron chi connectivity index (χ3n) is 2.73. The Bertz CT molecular complexity index is 747. The second-order valence-electron chi connectivity index (χ2n) is 4.35. The summed E-state index contributed by atoms with van der Waals surface area (Å²) in [7, 11) is 2.56. The summed E-state index contributed by atoms with van der Waals surface area (Å²) >= 11 is 0. The van der Waals surface area contributed by atoms with Crippen molar-refractivity contribution in [1.82, 2.24) is 19.6 Å². The number of carboxylic acids is 1. The number of aromatic nitrogens is 4. The van der Waals surface area contributed by atoms with Gasteiger partial charge in [0.2, 0.25) is 0 Å². The molecular weight excluding hydrogens is 307 g/mol. The lowest BCUT2D eigenvalue weighted by Crippen LogP contribution is -2.21. The van der Waals surface area contributed by atoms with E-state index < -0.39 is 35.0 Å². The number of rotatable bonds is 3. The zero-order valence-electron chi connectivity index (χ0n) is 11.3. The maximum absolute atomic E-state index is 12.8. The topological polar surface area (TPSA) is 102 Å². The molecule has 0 aliphatic heterocycles. The van der Waals surface area contributed by atoms with Crippen LogP contribution in [0.1, 0.15) is 26.5 Å². The number of halogens is 3. The maximum Gasteiger partial charge on any atom is 0.437 e. The Morgan fingerprint density at radius 1 is 1.32 bits per heavy atom. The van der Waals surface area contributed by atoms with Crippen LogP contribution in [-0.2, 0) is 20.3 Å². The fourth-order valence-corrected chi connectivity index (χ4v) is 1.83. The molecule has 2 heterocycles. The molecule has 2 rings (SSSR count). The van der Waals surface area contributed by atoms with Crippen LogP contribution in [0.15, 0.2) is 12.4 Å². The third kappa shape index (κ3) is 2.77. The van der Waals surface area contributed by atoms with Crippen molar-refractivity contribution in [2.75, 3.05) is 5.32 Å². The van der Waals surface area contributed by atoms with Crippen molar-refractivity contribution >= 4 is 17.6 Å². The standard InChI is InChI=1S/C11H10F3N5O3/c1-18-4-6(8(17-18)11(12,13)14)16-9(20)7-5(10(21)22)3-15-19(7)2/h3-4H,1-2H3,(H,16,20)(H,21,22). The lowest BCUT2D eigenvalue weighted by Gasteiger charge is -2.08.